The molecule has 0 aliphatic carbocycles. The Labute approximate surface area is 196 Å². The lowest BCUT2D eigenvalue weighted by Gasteiger charge is -2.11. The Bertz CT molecular complexity index is 1010. The second-order valence-electron chi connectivity index (χ2n) is 7.01. The van der Waals surface area contributed by atoms with Crippen molar-refractivity contribution in [2.24, 2.45) is 0 Å². The van der Waals surface area contributed by atoms with Crippen molar-refractivity contribution in [3.63, 3.8) is 0 Å². The van der Waals surface area contributed by atoms with Gasteiger partial charge in [-0.25, -0.2) is 0 Å². The number of hydrogen-bond donors (Lipinski definition) is 1. The number of benzene rings is 2. The van der Waals surface area contributed by atoms with Gasteiger partial charge >= 0.3 is 0 Å². The molecule has 0 saturated heterocycles. The normalized spacial score (nSPS) is 11.1. The van der Waals surface area contributed by atoms with E-state index in [4.69, 9.17) is 27.9 Å². The van der Waals surface area contributed by atoms with Gasteiger partial charge < -0.3 is 10.1 Å². The summed E-state index contributed by atoms with van der Waals surface area (Å²) in [5.41, 5.74) is 1.59. The van der Waals surface area contributed by atoms with Crippen LogP contribution in [-0.2, 0) is 9.53 Å². The van der Waals surface area contributed by atoms with E-state index in [-0.39, 0.29) is 17.8 Å². The number of rotatable bonds is 10. The zero-order chi connectivity index (χ0) is 22.2. The highest BCUT2D eigenvalue weighted by molar-refractivity contribution is 7.99. The summed E-state index contributed by atoms with van der Waals surface area (Å²) >= 11 is 13.8. The lowest BCUT2D eigenvalue weighted by molar-refractivity contribution is -0.118. The van der Waals surface area contributed by atoms with Gasteiger partial charge in [-0.2, -0.15) is 0 Å². The Hall–Kier alpha value is -2.06. The number of amides is 1. The Balaban J connectivity index is 1.74. The largest absolute Gasteiger partial charge is 0.379 e. The Morgan fingerprint density at radius 2 is 1.94 bits per heavy atom. The first kappa shape index (κ1) is 23.6. The Morgan fingerprint density at radius 1 is 1.16 bits per heavy atom. The summed E-state index contributed by atoms with van der Waals surface area (Å²) < 4.78 is 7.37. The molecule has 0 aliphatic heterocycles. The van der Waals surface area contributed by atoms with Crippen LogP contribution in [0.15, 0.2) is 53.7 Å². The first-order valence-corrected chi connectivity index (χ1v) is 11.7. The van der Waals surface area contributed by atoms with Crippen LogP contribution in [0.5, 0.6) is 0 Å². The third-order valence-electron chi connectivity index (χ3n) is 4.25. The van der Waals surface area contributed by atoms with Crippen molar-refractivity contribution < 1.29 is 9.53 Å². The summed E-state index contributed by atoms with van der Waals surface area (Å²) in [6.07, 6.45) is 0.965. The molecular weight excluding hydrogens is 455 g/mol. The molecule has 0 radical (unpaired) electrons. The standard InChI is InChI=1S/C22H24Cl2N4O2S/c1-15(2)30-12-6-11-25-20(29)14-31-22-27-26-21(18-10-9-16(23)13-19(18)24)28(22)17-7-4-3-5-8-17/h3-5,7-10,13,15H,6,11-12,14H2,1-2H3,(H,25,29). The number of aromatic nitrogens is 3. The van der Waals surface area contributed by atoms with Crippen LogP contribution in [0.25, 0.3) is 17.1 Å². The van der Waals surface area contributed by atoms with E-state index in [1.165, 1.54) is 11.8 Å². The molecule has 0 unspecified atom stereocenters. The third kappa shape index (κ3) is 6.71. The number of carbonyl (C=O) groups is 1. The Morgan fingerprint density at radius 3 is 2.65 bits per heavy atom. The predicted molar refractivity (Wildman–Crippen MR) is 126 cm³/mol. The maximum Gasteiger partial charge on any atom is 0.230 e. The minimum Gasteiger partial charge on any atom is -0.379 e. The quantitative estimate of drug-likeness (QED) is 0.317. The zero-order valence-electron chi connectivity index (χ0n) is 17.3. The van der Waals surface area contributed by atoms with Crippen molar-refractivity contribution >= 4 is 40.9 Å². The fourth-order valence-corrected chi connectivity index (χ4v) is 4.09. The van der Waals surface area contributed by atoms with Crippen molar-refractivity contribution in [1.82, 2.24) is 20.1 Å². The third-order valence-corrected chi connectivity index (χ3v) is 5.72. The molecule has 0 aliphatic rings. The smallest absolute Gasteiger partial charge is 0.230 e. The van der Waals surface area contributed by atoms with Crippen molar-refractivity contribution in [3.05, 3.63) is 58.6 Å². The van der Waals surface area contributed by atoms with E-state index in [2.05, 4.69) is 15.5 Å². The van der Waals surface area contributed by atoms with Crippen LogP contribution in [0, 0.1) is 0 Å². The molecule has 1 aromatic heterocycles. The molecule has 1 N–H and O–H groups in total. The SMILES string of the molecule is CC(C)OCCCNC(=O)CSc1nnc(-c2ccc(Cl)cc2Cl)n1-c1ccccc1. The van der Waals surface area contributed by atoms with Gasteiger partial charge in [0, 0.05) is 29.4 Å². The highest BCUT2D eigenvalue weighted by atomic mass is 35.5. The molecule has 0 atom stereocenters. The number of nitrogens with one attached hydrogen (secondary N) is 1. The average molecular weight is 479 g/mol. The van der Waals surface area contributed by atoms with E-state index in [9.17, 15) is 4.79 Å². The first-order chi connectivity index (χ1) is 15.0. The fraction of sp³-hybridized carbons (Fsp3) is 0.318. The van der Waals surface area contributed by atoms with Gasteiger partial charge in [0.2, 0.25) is 5.91 Å². The number of nitrogens with zero attached hydrogens (tertiary/aromatic N) is 3. The number of para-hydroxylation sites is 1. The van der Waals surface area contributed by atoms with E-state index in [0.29, 0.717) is 39.7 Å². The summed E-state index contributed by atoms with van der Waals surface area (Å²) in [6.45, 7) is 5.18. The molecule has 9 heteroatoms. The van der Waals surface area contributed by atoms with Crippen LogP contribution in [0.4, 0.5) is 0 Å². The fourth-order valence-electron chi connectivity index (χ4n) is 2.82. The molecule has 6 nitrogen and oxygen atoms in total. The van der Waals surface area contributed by atoms with Crippen molar-refractivity contribution in [2.45, 2.75) is 31.5 Å². The van der Waals surface area contributed by atoms with Crippen molar-refractivity contribution in [3.8, 4) is 17.1 Å². The van der Waals surface area contributed by atoms with Gasteiger partial charge in [0.1, 0.15) is 0 Å². The minimum atomic E-state index is -0.0665. The van der Waals surface area contributed by atoms with Crippen LogP contribution in [0.3, 0.4) is 0 Å². The van der Waals surface area contributed by atoms with Gasteiger partial charge in [-0.3, -0.25) is 9.36 Å². The summed E-state index contributed by atoms with van der Waals surface area (Å²) in [5.74, 6) is 0.745. The molecule has 1 amide bonds. The number of halogens is 2. The molecule has 0 spiro atoms. The van der Waals surface area contributed by atoms with Gasteiger partial charge in [0.25, 0.3) is 0 Å². The molecule has 0 fully saturated rings. The van der Waals surface area contributed by atoms with Gasteiger partial charge in [0.15, 0.2) is 11.0 Å². The summed E-state index contributed by atoms with van der Waals surface area (Å²) in [7, 11) is 0. The molecule has 3 rings (SSSR count). The second kappa shape index (κ2) is 11.5. The van der Waals surface area contributed by atoms with Crippen LogP contribution >= 0.6 is 35.0 Å². The van der Waals surface area contributed by atoms with Gasteiger partial charge in [-0.05, 0) is 50.6 Å². The lowest BCUT2D eigenvalue weighted by atomic mass is 10.2. The van der Waals surface area contributed by atoms with Crippen LogP contribution < -0.4 is 5.32 Å². The zero-order valence-corrected chi connectivity index (χ0v) is 19.7. The molecule has 1 heterocycles. The number of thioether (sulfide) groups is 1. The van der Waals surface area contributed by atoms with Gasteiger partial charge in [-0.1, -0.05) is 53.2 Å². The summed E-state index contributed by atoms with van der Waals surface area (Å²) in [6, 6.07) is 15.0. The topological polar surface area (TPSA) is 69.0 Å². The van der Waals surface area contributed by atoms with Gasteiger partial charge in [-0.15, -0.1) is 10.2 Å². The molecule has 2 aromatic carbocycles. The second-order valence-corrected chi connectivity index (χ2v) is 8.80. The van der Waals surface area contributed by atoms with Crippen LogP contribution in [0.1, 0.15) is 20.3 Å². The average Bonchev–Trinajstić information content (AvgIpc) is 3.16. The van der Waals surface area contributed by atoms with Gasteiger partial charge in [0.05, 0.1) is 16.9 Å². The monoisotopic (exact) mass is 478 g/mol. The molecule has 164 valence electrons. The number of hydrogen-bond acceptors (Lipinski definition) is 5. The maximum absolute atomic E-state index is 12.3. The van der Waals surface area contributed by atoms with E-state index in [1.807, 2.05) is 54.8 Å². The van der Waals surface area contributed by atoms with E-state index in [0.717, 1.165) is 12.1 Å². The van der Waals surface area contributed by atoms with E-state index >= 15 is 0 Å². The molecule has 3 aromatic rings. The van der Waals surface area contributed by atoms with Crippen molar-refractivity contribution in [2.75, 3.05) is 18.9 Å². The molecule has 31 heavy (non-hydrogen) atoms. The summed E-state index contributed by atoms with van der Waals surface area (Å²) in [4.78, 5) is 12.3. The highest BCUT2D eigenvalue weighted by Gasteiger charge is 2.19. The molecule has 0 bridgehead atoms. The predicted octanol–water partition coefficient (Wildman–Crippen LogP) is 5.26. The van der Waals surface area contributed by atoms with E-state index < -0.39 is 0 Å². The first-order valence-electron chi connectivity index (χ1n) is 9.93. The lowest BCUT2D eigenvalue weighted by Crippen LogP contribution is -2.27. The van der Waals surface area contributed by atoms with Crippen LogP contribution in [0.2, 0.25) is 10.0 Å². The highest BCUT2D eigenvalue weighted by Crippen LogP contribution is 2.33. The number of ether oxygens (including phenoxy) is 1. The van der Waals surface area contributed by atoms with E-state index in [1.54, 1.807) is 12.1 Å². The van der Waals surface area contributed by atoms with Crippen LogP contribution in [-0.4, -0.2) is 45.7 Å². The summed E-state index contributed by atoms with van der Waals surface area (Å²) in [5, 5.41) is 13.2. The minimum absolute atomic E-state index is 0.0665. The molecule has 0 saturated carbocycles. The molecular formula is C22H24Cl2N4O2S. The Kier molecular flexibility index (Phi) is 8.78. The maximum atomic E-state index is 12.3. The van der Waals surface area contributed by atoms with Crippen molar-refractivity contribution in [1.29, 1.82) is 0 Å². The number of carbonyl (C=O) groups excluding carboxylic acids is 1.